The van der Waals surface area contributed by atoms with Gasteiger partial charge in [0.05, 0.1) is 12.7 Å². The Bertz CT molecular complexity index is 846. The van der Waals surface area contributed by atoms with Gasteiger partial charge >= 0.3 is 5.97 Å². The van der Waals surface area contributed by atoms with Gasteiger partial charge in [-0.15, -0.1) is 5.10 Å². The van der Waals surface area contributed by atoms with Crippen LogP contribution in [0.3, 0.4) is 0 Å². The molecule has 0 aliphatic heterocycles. The van der Waals surface area contributed by atoms with E-state index >= 15 is 0 Å². The number of halogens is 1. The number of nitrogens with zero attached hydrogens (tertiary/aromatic N) is 4. The number of aromatic nitrogens is 4. The van der Waals surface area contributed by atoms with E-state index in [1.54, 1.807) is 28.9 Å². The average Bonchev–Trinajstić information content (AvgIpc) is 2.86. The normalized spacial score (nSPS) is 10.8. The molecular formula is C13H10ClN5O2. The van der Waals surface area contributed by atoms with Crippen molar-refractivity contribution in [1.29, 1.82) is 0 Å². The Balaban J connectivity index is 2.14. The molecular weight excluding hydrogens is 294 g/mol. The molecule has 0 unspecified atom stereocenters. The molecule has 3 rings (SSSR count). The summed E-state index contributed by atoms with van der Waals surface area (Å²) in [5.41, 5.74) is 7.79. The van der Waals surface area contributed by atoms with Gasteiger partial charge < -0.3 is 10.5 Å². The molecule has 3 aromatic rings. The quantitative estimate of drug-likeness (QED) is 0.573. The van der Waals surface area contributed by atoms with E-state index in [1.165, 1.54) is 13.3 Å². The van der Waals surface area contributed by atoms with Gasteiger partial charge in [-0.05, 0) is 23.8 Å². The van der Waals surface area contributed by atoms with Gasteiger partial charge in [0, 0.05) is 18.0 Å². The zero-order valence-corrected chi connectivity index (χ0v) is 11.7. The number of hydrogen-bond acceptors (Lipinski definition) is 6. The average molecular weight is 304 g/mol. The second-order valence-corrected chi connectivity index (χ2v) is 4.60. The van der Waals surface area contributed by atoms with Crippen LogP contribution >= 0.6 is 11.6 Å². The summed E-state index contributed by atoms with van der Waals surface area (Å²) in [6, 6.07) is 5.16. The number of nitrogen functional groups attached to an aromatic ring is 1. The first-order chi connectivity index (χ1) is 10.1. The van der Waals surface area contributed by atoms with Gasteiger partial charge in [0.2, 0.25) is 5.95 Å². The largest absolute Gasteiger partial charge is 0.465 e. The molecule has 21 heavy (non-hydrogen) atoms. The van der Waals surface area contributed by atoms with Gasteiger partial charge in [-0.3, -0.25) is 0 Å². The van der Waals surface area contributed by atoms with Crippen LogP contribution in [-0.2, 0) is 4.74 Å². The number of rotatable bonds is 2. The van der Waals surface area contributed by atoms with Crippen molar-refractivity contribution in [2.75, 3.05) is 12.8 Å². The summed E-state index contributed by atoms with van der Waals surface area (Å²) in [4.78, 5) is 19.7. The number of esters is 1. The fourth-order valence-corrected chi connectivity index (χ4v) is 2.16. The van der Waals surface area contributed by atoms with Crippen molar-refractivity contribution in [1.82, 2.24) is 19.6 Å². The monoisotopic (exact) mass is 303 g/mol. The Hall–Kier alpha value is -2.67. The summed E-state index contributed by atoms with van der Waals surface area (Å²) in [7, 11) is 1.31. The number of fused-ring (bicyclic) bond motifs is 1. The van der Waals surface area contributed by atoms with Crippen molar-refractivity contribution in [3.63, 3.8) is 0 Å². The maximum atomic E-state index is 11.6. The van der Waals surface area contributed by atoms with Crippen LogP contribution in [0.4, 0.5) is 5.95 Å². The first-order valence-electron chi connectivity index (χ1n) is 5.94. The van der Waals surface area contributed by atoms with E-state index in [0.717, 1.165) is 5.56 Å². The molecule has 0 amide bonds. The molecule has 0 fully saturated rings. The maximum absolute atomic E-state index is 11.6. The number of hydrogen-bond donors (Lipinski definition) is 1. The molecule has 0 aromatic carbocycles. The lowest BCUT2D eigenvalue weighted by molar-refractivity contribution is 0.0600. The summed E-state index contributed by atoms with van der Waals surface area (Å²) in [5, 5.41) is 4.27. The molecule has 0 atom stereocenters. The van der Waals surface area contributed by atoms with Crippen molar-refractivity contribution in [3.05, 3.63) is 41.3 Å². The standard InChI is InChI=1S/C13H10ClN5O2/c1-21-12(20)8-4-9(11(14)16-6-8)7-2-3-19-10(5-7)17-13(15)18-19/h2-6H,1H3,(H2,15,18). The SMILES string of the molecule is COC(=O)c1cnc(Cl)c(-c2ccn3nc(N)nc3c2)c1. The summed E-state index contributed by atoms with van der Waals surface area (Å²) in [6.45, 7) is 0. The van der Waals surface area contributed by atoms with Crippen molar-refractivity contribution in [2.24, 2.45) is 0 Å². The first kappa shape index (κ1) is 13.3. The second-order valence-electron chi connectivity index (χ2n) is 4.24. The number of nitrogens with two attached hydrogens (primary N) is 1. The first-order valence-corrected chi connectivity index (χ1v) is 6.32. The van der Waals surface area contributed by atoms with E-state index in [0.29, 0.717) is 16.8 Å². The number of ether oxygens (including phenoxy) is 1. The topological polar surface area (TPSA) is 95.4 Å². The van der Waals surface area contributed by atoms with Crippen molar-refractivity contribution in [3.8, 4) is 11.1 Å². The number of methoxy groups -OCH3 is 1. The molecule has 0 aliphatic rings. The molecule has 0 bridgehead atoms. The fraction of sp³-hybridized carbons (Fsp3) is 0.0769. The Morgan fingerprint density at radius 2 is 2.24 bits per heavy atom. The van der Waals surface area contributed by atoms with Gasteiger partial charge in [0.15, 0.2) is 5.65 Å². The third-order valence-electron chi connectivity index (χ3n) is 2.93. The van der Waals surface area contributed by atoms with Gasteiger partial charge in [-0.2, -0.15) is 4.98 Å². The summed E-state index contributed by atoms with van der Waals surface area (Å²) in [5.74, 6) is -0.298. The molecule has 0 radical (unpaired) electrons. The highest BCUT2D eigenvalue weighted by atomic mass is 35.5. The van der Waals surface area contributed by atoms with E-state index in [9.17, 15) is 4.79 Å². The smallest absolute Gasteiger partial charge is 0.339 e. The lowest BCUT2D eigenvalue weighted by atomic mass is 10.1. The molecule has 0 spiro atoms. The van der Waals surface area contributed by atoms with E-state index in [-0.39, 0.29) is 11.1 Å². The van der Waals surface area contributed by atoms with Gasteiger partial charge in [0.1, 0.15) is 5.15 Å². The molecule has 0 saturated heterocycles. The Kier molecular flexibility index (Phi) is 3.19. The molecule has 3 heterocycles. The molecule has 106 valence electrons. The van der Waals surface area contributed by atoms with Crippen LogP contribution in [0.2, 0.25) is 5.15 Å². The lowest BCUT2D eigenvalue weighted by Crippen LogP contribution is -2.02. The number of carbonyl (C=O) groups excluding carboxylic acids is 1. The summed E-state index contributed by atoms with van der Waals surface area (Å²) >= 11 is 6.10. The highest BCUT2D eigenvalue weighted by molar-refractivity contribution is 6.32. The predicted molar refractivity (Wildman–Crippen MR) is 77.0 cm³/mol. The molecule has 7 nitrogen and oxygen atoms in total. The van der Waals surface area contributed by atoms with Gasteiger partial charge in [0.25, 0.3) is 0 Å². The minimum Gasteiger partial charge on any atom is -0.465 e. The maximum Gasteiger partial charge on any atom is 0.339 e. The summed E-state index contributed by atoms with van der Waals surface area (Å²) < 4.78 is 6.22. The molecule has 3 aromatic heterocycles. The van der Waals surface area contributed by atoms with E-state index in [1.807, 2.05) is 0 Å². The highest BCUT2D eigenvalue weighted by Crippen LogP contribution is 2.28. The zero-order valence-electron chi connectivity index (χ0n) is 10.9. The predicted octanol–water partition coefficient (Wildman–Crippen LogP) is 1.81. The fourth-order valence-electron chi connectivity index (χ4n) is 1.95. The van der Waals surface area contributed by atoms with Crippen LogP contribution in [0.1, 0.15) is 10.4 Å². The molecule has 0 saturated carbocycles. The van der Waals surface area contributed by atoms with Crippen LogP contribution in [0, 0.1) is 0 Å². The van der Waals surface area contributed by atoms with Gasteiger partial charge in [-0.25, -0.2) is 14.3 Å². The van der Waals surface area contributed by atoms with Gasteiger partial charge in [-0.1, -0.05) is 11.6 Å². The van der Waals surface area contributed by atoms with E-state index < -0.39 is 5.97 Å². The molecule has 0 aliphatic carbocycles. The van der Waals surface area contributed by atoms with Crippen molar-refractivity contribution >= 4 is 29.2 Å². The Labute approximate surface area is 124 Å². The van der Waals surface area contributed by atoms with Crippen LogP contribution < -0.4 is 5.73 Å². The minimum atomic E-state index is -0.479. The van der Waals surface area contributed by atoms with Crippen LogP contribution in [0.15, 0.2) is 30.6 Å². The lowest BCUT2D eigenvalue weighted by Gasteiger charge is -2.06. The Morgan fingerprint density at radius 1 is 1.43 bits per heavy atom. The van der Waals surface area contributed by atoms with Crippen molar-refractivity contribution in [2.45, 2.75) is 0 Å². The second kappa shape index (κ2) is 5.02. The van der Waals surface area contributed by atoms with Crippen LogP contribution in [0.5, 0.6) is 0 Å². The van der Waals surface area contributed by atoms with Crippen LogP contribution in [-0.4, -0.2) is 32.7 Å². The Morgan fingerprint density at radius 3 is 3.00 bits per heavy atom. The summed E-state index contributed by atoms with van der Waals surface area (Å²) in [6.07, 6.45) is 3.07. The third kappa shape index (κ3) is 2.38. The number of carbonyl (C=O) groups is 1. The molecule has 8 heteroatoms. The van der Waals surface area contributed by atoms with Crippen molar-refractivity contribution < 1.29 is 9.53 Å². The number of anilines is 1. The highest BCUT2D eigenvalue weighted by Gasteiger charge is 2.12. The molecule has 2 N–H and O–H groups in total. The van der Waals surface area contributed by atoms with E-state index in [4.69, 9.17) is 17.3 Å². The van der Waals surface area contributed by atoms with Crippen LogP contribution in [0.25, 0.3) is 16.8 Å². The number of pyridine rings is 2. The van der Waals surface area contributed by atoms with E-state index in [2.05, 4.69) is 19.8 Å². The third-order valence-corrected chi connectivity index (χ3v) is 3.23. The zero-order chi connectivity index (χ0) is 15.0. The minimum absolute atomic E-state index is 0.180.